The molecule has 0 spiro atoms. The van der Waals surface area contributed by atoms with Crippen molar-refractivity contribution in [1.29, 1.82) is 0 Å². The molecular formula is C18H21FN4O3. The number of piperazine rings is 1. The molecular weight excluding hydrogens is 339 g/mol. The average molecular weight is 360 g/mol. The van der Waals surface area contributed by atoms with Crippen molar-refractivity contribution in [1.82, 2.24) is 20.3 Å². The van der Waals surface area contributed by atoms with E-state index in [9.17, 15) is 14.0 Å². The Hall–Kier alpha value is -2.74. The van der Waals surface area contributed by atoms with E-state index in [2.05, 4.69) is 15.4 Å². The molecule has 1 aliphatic heterocycles. The van der Waals surface area contributed by atoms with Gasteiger partial charge in [-0.1, -0.05) is 11.2 Å². The molecule has 7 nitrogen and oxygen atoms in total. The van der Waals surface area contributed by atoms with Crippen LogP contribution in [0.5, 0.6) is 0 Å². The minimum Gasteiger partial charge on any atom is -0.360 e. The standard InChI is InChI=1S/C18H21FN4O3/c1-13-9-16(26-21-13)12-22-5-7-23(8-6-22)17(24)11-20-18(25)14-3-2-4-15(19)10-14/h2-4,9-10H,5-8,11-12H2,1H3,(H,20,25). The van der Waals surface area contributed by atoms with Crippen LogP contribution < -0.4 is 5.32 Å². The van der Waals surface area contributed by atoms with Gasteiger partial charge in [-0.15, -0.1) is 0 Å². The van der Waals surface area contributed by atoms with E-state index < -0.39 is 11.7 Å². The van der Waals surface area contributed by atoms with Gasteiger partial charge >= 0.3 is 0 Å². The number of halogens is 1. The Bertz CT molecular complexity index is 784. The Morgan fingerprint density at radius 3 is 2.65 bits per heavy atom. The third-order valence-corrected chi connectivity index (χ3v) is 4.27. The molecule has 138 valence electrons. The van der Waals surface area contributed by atoms with Crippen LogP contribution in [0.2, 0.25) is 0 Å². The Balaban J connectivity index is 1.42. The highest BCUT2D eigenvalue weighted by Crippen LogP contribution is 2.10. The van der Waals surface area contributed by atoms with E-state index >= 15 is 0 Å². The monoisotopic (exact) mass is 360 g/mol. The van der Waals surface area contributed by atoms with Crippen molar-refractivity contribution in [3.8, 4) is 0 Å². The average Bonchev–Trinajstić information content (AvgIpc) is 3.04. The predicted octanol–water partition coefficient (Wildman–Crippen LogP) is 1.20. The second kappa shape index (κ2) is 8.09. The lowest BCUT2D eigenvalue weighted by Crippen LogP contribution is -2.50. The second-order valence-electron chi connectivity index (χ2n) is 6.28. The van der Waals surface area contributed by atoms with E-state index in [1.807, 2.05) is 13.0 Å². The maximum Gasteiger partial charge on any atom is 0.251 e. The molecule has 26 heavy (non-hydrogen) atoms. The lowest BCUT2D eigenvalue weighted by Gasteiger charge is -2.34. The van der Waals surface area contributed by atoms with Crippen LogP contribution >= 0.6 is 0 Å². The van der Waals surface area contributed by atoms with E-state index in [-0.39, 0.29) is 18.0 Å². The number of nitrogens with zero attached hydrogens (tertiary/aromatic N) is 3. The molecule has 0 saturated carbocycles. The van der Waals surface area contributed by atoms with Gasteiger partial charge in [0, 0.05) is 37.8 Å². The zero-order valence-electron chi connectivity index (χ0n) is 14.6. The molecule has 1 aliphatic rings. The summed E-state index contributed by atoms with van der Waals surface area (Å²) in [6, 6.07) is 7.28. The van der Waals surface area contributed by atoms with Crippen LogP contribution in [0.3, 0.4) is 0 Å². The fourth-order valence-corrected chi connectivity index (χ4v) is 2.87. The summed E-state index contributed by atoms with van der Waals surface area (Å²) < 4.78 is 18.4. The van der Waals surface area contributed by atoms with Crippen molar-refractivity contribution >= 4 is 11.8 Å². The molecule has 1 N–H and O–H groups in total. The lowest BCUT2D eigenvalue weighted by atomic mass is 10.2. The third kappa shape index (κ3) is 4.66. The summed E-state index contributed by atoms with van der Waals surface area (Å²) in [5.41, 5.74) is 1.05. The van der Waals surface area contributed by atoms with Gasteiger partial charge in [-0.2, -0.15) is 0 Å². The van der Waals surface area contributed by atoms with Gasteiger partial charge < -0.3 is 14.7 Å². The van der Waals surface area contributed by atoms with Gasteiger partial charge in [-0.25, -0.2) is 4.39 Å². The van der Waals surface area contributed by atoms with Crippen molar-refractivity contribution in [2.75, 3.05) is 32.7 Å². The van der Waals surface area contributed by atoms with Crippen molar-refractivity contribution in [3.63, 3.8) is 0 Å². The maximum atomic E-state index is 13.1. The zero-order chi connectivity index (χ0) is 18.5. The summed E-state index contributed by atoms with van der Waals surface area (Å²) in [6.45, 7) is 5.06. The smallest absolute Gasteiger partial charge is 0.251 e. The van der Waals surface area contributed by atoms with E-state index in [1.54, 1.807) is 4.90 Å². The molecule has 0 atom stereocenters. The lowest BCUT2D eigenvalue weighted by molar-refractivity contribution is -0.131. The molecule has 3 rings (SSSR count). The Morgan fingerprint density at radius 1 is 1.23 bits per heavy atom. The van der Waals surface area contributed by atoms with Crippen LogP contribution in [-0.2, 0) is 11.3 Å². The van der Waals surface area contributed by atoms with Crippen molar-refractivity contribution in [2.24, 2.45) is 0 Å². The van der Waals surface area contributed by atoms with Crippen LogP contribution in [-0.4, -0.2) is 59.5 Å². The summed E-state index contributed by atoms with van der Waals surface area (Å²) in [6.07, 6.45) is 0. The first-order chi connectivity index (χ1) is 12.5. The van der Waals surface area contributed by atoms with E-state index in [0.717, 1.165) is 30.6 Å². The summed E-state index contributed by atoms with van der Waals surface area (Å²) in [4.78, 5) is 28.1. The number of hydrogen-bond donors (Lipinski definition) is 1. The third-order valence-electron chi connectivity index (χ3n) is 4.27. The zero-order valence-corrected chi connectivity index (χ0v) is 14.6. The van der Waals surface area contributed by atoms with E-state index in [0.29, 0.717) is 19.6 Å². The van der Waals surface area contributed by atoms with Gasteiger partial charge in [0.1, 0.15) is 5.82 Å². The topological polar surface area (TPSA) is 78.7 Å². The Labute approximate surface area is 150 Å². The first kappa shape index (κ1) is 18.1. The first-order valence-corrected chi connectivity index (χ1v) is 8.47. The number of rotatable bonds is 5. The number of amides is 2. The van der Waals surface area contributed by atoms with Crippen LogP contribution in [0.25, 0.3) is 0 Å². The highest BCUT2D eigenvalue weighted by molar-refractivity contribution is 5.96. The molecule has 1 aromatic heterocycles. The van der Waals surface area contributed by atoms with Gasteiger partial charge in [0.2, 0.25) is 5.91 Å². The van der Waals surface area contributed by atoms with Gasteiger partial charge in [0.05, 0.1) is 18.8 Å². The summed E-state index contributed by atoms with van der Waals surface area (Å²) >= 11 is 0. The predicted molar refractivity (Wildman–Crippen MR) is 91.8 cm³/mol. The fourth-order valence-electron chi connectivity index (χ4n) is 2.87. The second-order valence-corrected chi connectivity index (χ2v) is 6.28. The number of nitrogens with one attached hydrogen (secondary N) is 1. The molecule has 1 fully saturated rings. The van der Waals surface area contributed by atoms with Crippen LogP contribution in [0, 0.1) is 12.7 Å². The highest BCUT2D eigenvalue weighted by Gasteiger charge is 2.22. The Kier molecular flexibility index (Phi) is 5.62. The normalized spacial score (nSPS) is 15.1. The van der Waals surface area contributed by atoms with Crippen LogP contribution in [0.4, 0.5) is 4.39 Å². The van der Waals surface area contributed by atoms with Crippen molar-refractivity contribution in [3.05, 3.63) is 53.2 Å². The molecule has 0 bridgehead atoms. The summed E-state index contributed by atoms with van der Waals surface area (Å²) in [7, 11) is 0. The number of hydrogen-bond acceptors (Lipinski definition) is 5. The molecule has 0 radical (unpaired) electrons. The largest absolute Gasteiger partial charge is 0.360 e. The highest BCUT2D eigenvalue weighted by atomic mass is 19.1. The summed E-state index contributed by atoms with van der Waals surface area (Å²) in [5.74, 6) is -0.284. The van der Waals surface area contributed by atoms with Crippen molar-refractivity contribution in [2.45, 2.75) is 13.5 Å². The molecule has 1 aromatic carbocycles. The van der Waals surface area contributed by atoms with Crippen LogP contribution in [0.1, 0.15) is 21.8 Å². The Morgan fingerprint density at radius 2 is 2.00 bits per heavy atom. The SMILES string of the molecule is Cc1cc(CN2CCN(C(=O)CNC(=O)c3cccc(F)c3)CC2)on1. The molecule has 2 aromatic rings. The fraction of sp³-hybridized carbons (Fsp3) is 0.389. The number of carbonyl (C=O) groups is 2. The number of benzene rings is 1. The minimum atomic E-state index is -0.484. The number of aryl methyl sites for hydroxylation is 1. The molecule has 0 unspecified atom stereocenters. The van der Waals surface area contributed by atoms with Gasteiger partial charge in [-0.3, -0.25) is 14.5 Å². The number of carbonyl (C=O) groups excluding carboxylic acids is 2. The minimum absolute atomic E-state index is 0.101. The van der Waals surface area contributed by atoms with E-state index in [1.165, 1.54) is 18.2 Å². The molecule has 0 aliphatic carbocycles. The maximum absolute atomic E-state index is 13.1. The molecule has 2 heterocycles. The molecule has 1 saturated heterocycles. The quantitative estimate of drug-likeness (QED) is 0.867. The van der Waals surface area contributed by atoms with Gasteiger partial charge in [0.25, 0.3) is 5.91 Å². The van der Waals surface area contributed by atoms with Crippen molar-refractivity contribution < 1.29 is 18.5 Å². The summed E-state index contributed by atoms with van der Waals surface area (Å²) in [5, 5.41) is 6.41. The van der Waals surface area contributed by atoms with Gasteiger partial charge in [0.15, 0.2) is 5.76 Å². The van der Waals surface area contributed by atoms with Gasteiger partial charge in [-0.05, 0) is 25.1 Å². The van der Waals surface area contributed by atoms with E-state index in [4.69, 9.17) is 4.52 Å². The van der Waals surface area contributed by atoms with Crippen LogP contribution in [0.15, 0.2) is 34.9 Å². The molecule has 2 amide bonds. The number of aromatic nitrogens is 1. The molecule has 8 heteroatoms. The first-order valence-electron chi connectivity index (χ1n) is 8.47.